The summed E-state index contributed by atoms with van der Waals surface area (Å²) in [6.45, 7) is 8.19. The van der Waals surface area contributed by atoms with Gasteiger partial charge in [0.15, 0.2) is 0 Å². The monoisotopic (exact) mass is 254 g/mol. The zero-order valence-corrected chi connectivity index (χ0v) is 12.4. The summed E-state index contributed by atoms with van der Waals surface area (Å²) in [6.07, 6.45) is 6.73. The fourth-order valence-corrected chi connectivity index (χ4v) is 2.79. The Morgan fingerprint density at radius 2 is 1.67 bits per heavy atom. The molecule has 4 unspecified atom stereocenters. The van der Waals surface area contributed by atoms with E-state index >= 15 is 0 Å². The van der Waals surface area contributed by atoms with Gasteiger partial charge in [0, 0.05) is 18.0 Å². The summed E-state index contributed by atoms with van der Waals surface area (Å²) in [4.78, 5) is 12.0. The highest BCUT2D eigenvalue weighted by Gasteiger charge is 2.27. The molecule has 1 fully saturated rings. The summed E-state index contributed by atoms with van der Waals surface area (Å²) in [5.74, 6) is 1.33. The van der Waals surface area contributed by atoms with Gasteiger partial charge >= 0.3 is 0 Å². The largest absolute Gasteiger partial charge is 0.353 e. The van der Waals surface area contributed by atoms with E-state index in [0.29, 0.717) is 5.92 Å². The van der Waals surface area contributed by atoms with E-state index < -0.39 is 0 Å². The van der Waals surface area contributed by atoms with Crippen molar-refractivity contribution in [2.45, 2.75) is 71.9 Å². The van der Waals surface area contributed by atoms with Crippen LogP contribution in [0.2, 0.25) is 0 Å². The topological polar surface area (TPSA) is 55.1 Å². The molecule has 3 heteroatoms. The van der Waals surface area contributed by atoms with Crippen LogP contribution in [0.4, 0.5) is 0 Å². The quantitative estimate of drug-likeness (QED) is 0.792. The molecule has 18 heavy (non-hydrogen) atoms. The first-order chi connectivity index (χ1) is 8.43. The molecule has 0 saturated heterocycles. The minimum atomic E-state index is -0.106. The molecule has 4 atom stereocenters. The van der Waals surface area contributed by atoms with Crippen LogP contribution in [-0.2, 0) is 4.79 Å². The van der Waals surface area contributed by atoms with Gasteiger partial charge < -0.3 is 11.1 Å². The molecule has 0 aromatic heterocycles. The van der Waals surface area contributed by atoms with Crippen LogP contribution in [0.15, 0.2) is 0 Å². The van der Waals surface area contributed by atoms with Gasteiger partial charge in [-0.3, -0.25) is 4.79 Å². The molecule has 1 aliphatic rings. The number of amides is 1. The van der Waals surface area contributed by atoms with Crippen molar-refractivity contribution in [1.29, 1.82) is 0 Å². The predicted octanol–water partition coefficient (Wildman–Crippen LogP) is 2.69. The van der Waals surface area contributed by atoms with Crippen LogP contribution in [0.1, 0.15) is 59.8 Å². The van der Waals surface area contributed by atoms with Crippen molar-refractivity contribution >= 4 is 5.91 Å². The van der Waals surface area contributed by atoms with E-state index in [1.807, 2.05) is 13.8 Å². The molecule has 3 nitrogen and oxygen atoms in total. The van der Waals surface area contributed by atoms with Gasteiger partial charge in [0.25, 0.3) is 0 Å². The van der Waals surface area contributed by atoms with E-state index in [1.54, 1.807) is 0 Å². The minimum absolute atomic E-state index is 0.0813. The average molecular weight is 254 g/mol. The van der Waals surface area contributed by atoms with Crippen LogP contribution < -0.4 is 11.1 Å². The maximum atomic E-state index is 12.0. The SMILES string of the molecule is CC(N)C(C)C(=O)NC(C)C(C)C1CCCCC1. The van der Waals surface area contributed by atoms with Gasteiger partial charge in [-0.05, 0) is 25.7 Å². The smallest absolute Gasteiger partial charge is 0.224 e. The van der Waals surface area contributed by atoms with Gasteiger partial charge in [-0.1, -0.05) is 46.0 Å². The predicted molar refractivity (Wildman–Crippen MR) is 76.2 cm³/mol. The first-order valence-electron chi connectivity index (χ1n) is 7.49. The van der Waals surface area contributed by atoms with Crippen molar-refractivity contribution in [2.75, 3.05) is 0 Å². The van der Waals surface area contributed by atoms with Crippen LogP contribution in [0.25, 0.3) is 0 Å². The average Bonchev–Trinajstić information content (AvgIpc) is 2.37. The van der Waals surface area contributed by atoms with E-state index in [9.17, 15) is 4.79 Å². The second kappa shape index (κ2) is 7.13. The van der Waals surface area contributed by atoms with Crippen molar-refractivity contribution in [3.05, 3.63) is 0 Å². The lowest BCUT2D eigenvalue weighted by molar-refractivity contribution is -0.126. The number of hydrogen-bond donors (Lipinski definition) is 2. The fraction of sp³-hybridized carbons (Fsp3) is 0.933. The lowest BCUT2D eigenvalue weighted by Gasteiger charge is -2.33. The second-order valence-corrected chi connectivity index (χ2v) is 6.20. The van der Waals surface area contributed by atoms with Crippen LogP contribution in [-0.4, -0.2) is 18.0 Å². The van der Waals surface area contributed by atoms with E-state index in [-0.39, 0.29) is 23.9 Å². The first kappa shape index (κ1) is 15.5. The Hall–Kier alpha value is -0.570. The highest BCUT2D eigenvalue weighted by Crippen LogP contribution is 2.31. The molecule has 0 spiro atoms. The zero-order valence-electron chi connectivity index (χ0n) is 12.4. The molecule has 0 bridgehead atoms. The second-order valence-electron chi connectivity index (χ2n) is 6.20. The van der Waals surface area contributed by atoms with Gasteiger partial charge in [0.1, 0.15) is 0 Å². The number of carbonyl (C=O) groups is 1. The molecule has 1 amide bonds. The highest BCUT2D eigenvalue weighted by atomic mass is 16.1. The molecule has 0 aliphatic heterocycles. The van der Waals surface area contributed by atoms with Crippen LogP contribution in [0.3, 0.4) is 0 Å². The number of carbonyl (C=O) groups excluding carboxylic acids is 1. The maximum absolute atomic E-state index is 12.0. The zero-order chi connectivity index (χ0) is 13.7. The molecule has 0 heterocycles. The number of rotatable bonds is 5. The van der Waals surface area contributed by atoms with Crippen molar-refractivity contribution in [2.24, 2.45) is 23.5 Å². The van der Waals surface area contributed by atoms with Crippen molar-refractivity contribution < 1.29 is 4.79 Å². The minimum Gasteiger partial charge on any atom is -0.353 e. The lowest BCUT2D eigenvalue weighted by atomic mass is 9.78. The van der Waals surface area contributed by atoms with Gasteiger partial charge in [-0.15, -0.1) is 0 Å². The molecule has 3 N–H and O–H groups in total. The number of hydrogen-bond acceptors (Lipinski definition) is 2. The van der Waals surface area contributed by atoms with Crippen LogP contribution in [0.5, 0.6) is 0 Å². The molecular weight excluding hydrogens is 224 g/mol. The molecule has 0 aromatic rings. The number of nitrogens with two attached hydrogens (primary N) is 1. The van der Waals surface area contributed by atoms with Gasteiger partial charge in [0.2, 0.25) is 5.91 Å². The molecular formula is C15H30N2O. The van der Waals surface area contributed by atoms with Crippen molar-refractivity contribution in [1.82, 2.24) is 5.32 Å². The van der Waals surface area contributed by atoms with Crippen molar-refractivity contribution in [3.63, 3.8) is 0 Å². The molecule has 106 valence electrons. The third-order valence-corrected chi connectivity index (χ3v) is 4.75. The molecule has 1 rings (SSSR count). The standard InChI is InChI=1S/C15H30N2O/c1-10(12(3)16)15(18)17-13(4)11(2)14-8-6-5-7-9-14/h10-14H,5-9,16H2,1-4H3,(H,17,18). The van der Waals surface area contributed by atoms with Crippen LogP contribution >= 0.6 is 0 Å². The van der Waals surface area contributed by atoms with E-state index in [4.69, 9.17) is 5.73 Å². The Morgan fingerprint density at radius 3 is 2.17 bits per heavy atom. The Kier molecular flexibility index (Phi) is 6.13. The molecule has 0 radical (unpaired) electrons. The van der Waals surface area contributed by atoms with Crippen molar-refractivity contribution in [3.8, 4) is 0 Å². The van der Waals surface area contributed by atoms with Gasteiger partial charge in [0.05, 0.1) is 0 Å². The summed E-state index contributed by atoms with van der Waals surface area (Å²) in [5.41, 5.74) is 5.77. The summed E-state index contributed by atoms with van der Waals surface area (Å²) in [5, 5.41) is 3.14. The van der Waals surface area contributed by atoms with Gasteiger partial charge in [-0.2, -0.15) is 0 Å². The normalized spacial score (nSPS) is 24.1. The Bertz CT molecular complexity index is 259. The summed E-state index contributed by atoms with van der Waals surface area (Å²) >= 11 is 0. The molecule has 1 aliphatic carbocycles. The van der Waals surface area contributed by atoms with E-state index in [0.717, 1.165) is 5.92 Å². The van der Waals surface area contributed by atoms with Gasteiger partial charge in [-0.25, -0.2) is 0 Å². The maximum Gasteiger partial charge on any atom is 0.224 e. The Morgan fingerprint density at radius 1 is 1.11 bits per heavy atom. The lowest BCUT2D eigenvalue weighted by Crippen LogP contribution is -2.45. The summed E-state index contributed by atoms with van der Waals surface area (Å²) in [6, 6.07) is 0.170. The Balaban J connectivity index is 2.43. The fourth-order valence-electron chi connectivity index (χ4n) is 2.79. The van der Waals surface area contributed by atoms with Crippen LogP contribution in [0, 0.1) is 17.8 Å². The first-order valence-corrected chi connectivity index (χ1v) is 7.49. The molecule has 0 aromatic carbocycles. The highest BCUT2D eigenvalue weighted by molar-refractivity contribution is 5.79. The van der Waals surface area contributed by atoms with E-state index in [1.165, 1.54) is 32.1 Å². The van der Waals surface area contributed by atoms with E-state index in [2.05, 4.69) is 19.2 Å². The molecule has 1 saturated carbocycles. The third-order valence-electron chi connectivity index (χ3n) is 4.75. The third kappa shape index (κ3) is 4.27. The Labute approximate surface area is 112 Å². The summed E-state index contributed by atoms with van der Waals surface area (Å²) in [7, 11) is 0. The summed E-state index contributed by atoms with van der Waals surface area (Å²) < 4.78 is 0. The number of nitrogens with one attached hydrogen (secondary N) is 1.